The van der Waals surface area contributed by atoms with E-state index in [0.717, 1.165) is 95.3 Å². The first kappa shape index (κ1) is 40.4. The molecule has 7 heteroatoms. The molecule has 14 aromatic rings. The van der Waals surface area contributed by atoms with Crippen molar-refractivity contribution in [2.75, 3.05) is 4.90 Å². The molecule has 0 spiro atoms. The Bertz CT molecular complexity index is 4300. The van der Waals surface area contributed by atoms with Gasteiger partial charge in [-0.2, -0.15) is 0 Å². The summed E-state index contributed by atoms with van der Waals surface area (Å²) in [5, 5.41) is 0. The maximum atomic E-state index is 5.30. The number of aromatic nitrogens is 6. The fraction of sp³-hybridized carbons (Fsp3) is 0.0462. The second-order valence-corrected chi connectivity index (χ2v) is 19.6. The molecule has 10 aromatic carbocycles. The van der Waals surface area contributed by atoms with Crippen LogP contribution in [0.4, 0.5) is 17.1 Å². The van der Waals surface area contributed by atoms with E-state index in [1.165, 1.54) is 33.4 Å². The van der Waals surface area contributed by atoms with Crippen LogP contribution in [0.1, 0.15) is 25.0 Å². The Labute approximate surface area is 415 Å². The molecule has 0 fully saturated rings. The van der Waals surface area contributed by atoms with Gasteiger partial charge in [-0.1, -0.05) is 147 Å². The third-order valence-electron chi connectivity index (χ3n) is 15.1. The van der Waals surface area contributed by atoms with Gasteiger partial charge in [-0.3, -0.25) is 17.9 Å². The molecule has 0 saturated carbocycles. The van der Waals surface area contributed by atoms with Gasteiger partial charge in [0.25, 0.3) is 0 Å². The van der Waals surface area contributed by atoms with E-state index in [2.05, 4.69) is 273 Å². The molecule has 1 aliphatic rings. The molecule has 340 valence electrons. The average Bonchev–Trinajstić information content (AvgIpc) is 4.22. The number of nitrogens with zero attached hydrogens (tertiary/aromatic N) is 7. The number of anilines is 3. The Morgan fingerprint density at radius 1 is 0.333 bits per heavy atom. The molecule has 0 aliphatic heterocycles. The fourth-order valence-corrected chi connectivity index (χ4v) is 11.7. The van der Waals surface area contributed by atoms with Crippen LogP contribution in [0.2, 0.25) is 0 Å². The number of benzene rings is 10. The van der Waals surface area contributed by atoms with Crippen LogP contribution in [0.15, 0.2) is 237 Å². The minimum atomic E-state index is -0.142. The van der Waals surface area contributed by atoms with Gasteiger partial charge < -0.3 is 4.90 Å². The monoisotopic (exact) mass is 923 g/mol. The van der Waals surface area contributed by atoms with Crippen molar-refractivity contribution in [1.29, 1.82) is 0 Å². The molecule has 0 atom stereocenters. The van der Waals surface area contributed by atoms with E-state index in [1.807, 2.05) is 0 Å². The van der Waals surface area contributed by atoms with Gasteiger partial charge in [0, 0.05) is 22.5 Å². The first-order valence-electron chi connectivity index (χ1n) is 24.7. The molecule has 1 aliphatic carbocycles. The molecule has 0 radical (unpaired) electrons. The molecule has 15 rings (SSSR count). The van der Waals surface area contributed by atoms with E-state index < -0.39 is 0 Å². The third-order valence-corrected chi connectivity index (χ3v) is 15.1. The van der Waals surface area contributed by atoms with Gasteiger partial charge in [-0.05, 0) is 148 Å². The zero-order valence-electron chi connectivity index (χ0n) is 39.6. The van der Waals surface area contributed by atoms with Crippen molar-refractivity contribution in [1.82, 2.24) is 27.9 Å². The summed E-state index contributed by atoms with van der Waals surface area (Å²) in [5.74, 6) is 1.72. The summed E-state index contributed by atoms with van der Waals surface area (Å²) in [6.07, 6.45) is 0. The lowest BCUT2D eigenvalue weighted by atomic mass is 9.82. The number of para-hydroxylation sites is 8. The fourth-order valence-electron chi connectivity index (χ4n) is 11.7. The van der Waals surface area contributed by atoms with Crippen molar-refractivity contribution in [3.8, 4) is 44.8 Å². The van der Waals surface area contributed by atoms with Crippen LogP contribution in [-0.4, -0.2) is 27.9 Å². The van der Waals surface area contributed by atoms with E-state index in [-0.39, 0.29) is 5.41 Å². The smallest absolute Gasteiger partial charge is 0.220 e. The number of hydrogen-bond acceptors (Lipinski definition) is 3. The summed E-state index contributed by atoms with van der Waals surface area (Å²) in [4.78, 5) is 13.0. The molecular formula is C65H45N7. The quantitative estimate of drug-likeness (QED) is 0.160. The maximum Gasteiger partial charge on any atom is 0.220 e. The SMILES string of the molecule is CC1(C)c2ccccc2-c2ccc(N(c3ccc(-c4ccccc4)cc3)c3ccc(-c4cc(-n5c6ccccc6n6c7ccccc7nc56)cc(-n5c6ccccc6n6c7ccccc7nc56)c4)cc3)cc21. The largest absolute Gasteiger partial charge is 0.310 e. The highest BCUT2D eigenvalue weighted by atomic mass is 15.2. The van der Waals surface area contributed by atoms with Gasteiger partial charge in [-0.15, -0.1) is 0 Å². The molecule has 0 unspecified atom stereocenters. The molecular weight excluding hydrogens is 879 g/mol. The van der Waals surface area contributed by atoms with Gasteiger partial charge in [0.15, 0.2) is 0 Å². The zero-order chi connectivity index (χ0) is 47.7. The van der Waals surface area contributed by atoms with E-state index in [4.69, 9.17) is 9.97 Å². The van der Waals surface area contributed by atoms with E-state index in [0.29, 0.717) is 0 Å². The first-order valence-corrected chi connectivity index (χ1v) is 24.7. The van der Waals surface area contributed by atoms with Crippen LogP contribution in [0, 0.1) is 0 Å². The third kappa shape index (κ3) is 5.91. The van der Waals surface area contributed by atoms with Crippen LogP contribution in [0.3, 0.4) is 0 Å². The molecule has 4 heterocycles. The molecule has 0 bridgehead atoms. The average molecular weight is 924 g/mol. The topological polar surface area (TPSA) is 47.7 Å². The summed E-state index contributed by atoms with van der Waals surface area (Å²) < 4.78 is 9.21. The second kappa shape index (κ2) is 15.3. The van der Waals surface area contributed by atoms with E-state index >= 15 is 0 Å². The predicted molar refractivity (Wildman–Crippen MR) is 296 cm³/mol. The number of hydrogen-bond donors (Lipinski definition) is 0. The van der Waals surface area contributed by atoms with Gasteiger partial charge >= 0.3 is 0 Å². The van der Waals surface area contributed by atoms with Gasteiger partial charge in [-0.25, -0.2) is 9.97 Å². The van der Waals surface area contributed by atoms with Crippen LogP contribution in [0.25, 0.3) is 100 Å². The molecule has 0 amide bonds. The van der Waals surface area contributed by atoms with Crippen molar-refractivity contribution in [3.05, 3.63) is 248 Å². The molecule has 0 saturated heterocycles. The van der Waals surface area contributed by atoms with Crippen LogP contribution in [0.5, 0.6) is 0 Å². The zero-order valence-corrected chi connectivity index (χ0v) is 39.6. The second-order valence-electron chi connectivity index (χ2n) is 19.6. The summed E-state index contributed by atoms with van der Waals surface area (Å²) in [6.45, 7) is 4.70. The van der Waals surface area contributed by atoms with Gasteiger partial charge in [0.1, 0.15) is 0 Å². The maximum absolute atomic E-state index is 5.30. The number of rotatable bonds is 7. The predicted octanol–water partition coefficient (Wildman–Crippen LogP) is 16.3. The standard InChI is InChI=1S/C65H45N7/c1-65(2)53-19-7-6-18-51(53)52-37-36-48(41-54(52)65)68(46-32-28-43(29-33-46)42-16-4-3-5-17-42)47-34-30-44(31-35-47)45-38-49(69-59-24-12-14-26-61(59)71-57-22-10-8-20-55(57)66-63(69)71)40-50(39-45)70-60-25-13-15-27-62(60)72-58-23-11-9-21-56(58)67-64(70)72/h3-41H,1-2H3. The van der Waals surface area contributed by atoms with Crippen LogP contribution >= 0.6 is 0 Å². The lowest BCUT2D eigenvalue weighted by Crippen LogP contribution is -2.16. The Balaban J connectivity index is 0.931. The highest BCUT2D eigenvalue weighted by Crippen LogP contribution is 2.51. The molecule has 72 heavy (non-hydrogen) atoms. The van der Waals surface area contributed by atoms with Gasteiger partial charge in [0.2, 0.25) is 11.6 Å². The Morgan fingerprint density at radius 2 is 0.764 bits per heavy atom. The summed E-state index contributed by atoms with van der Waals surface area (Å²) in [7, 11) is 0. The lowest BCUT2D eigenvalue weighted by molar-refractivity contribution is 0.660. The minimum absolute atomic E-state index is 0.142. The highest BCUT2D eigenvalue weighted by Gasteiger charge is 2.36. The summed E-state index contributed by atoms with van der Waals surface area (Å²) in [5.41, 5.74) is 23.4. The van der Waals surface area contributed by atoms with Crippen molar-refractivity contribution >= 4 is 72.8 Å². The number of fused-ring (bicyclic) bond motifs is 13. The first-order chi connectivity index (χ1) is 35.5. The Kier molecular flexibility index (Phi) is 8.57. The van der Waals surface area contributed by atoms with E-state index in [1.54, 1.807) is 0 Å². The minimum Gasteiger partial charge on any atom is -0.310 e. The van der Waals surface area contributed by atoms with Crippen LogP contribution in [-0.2, 0) is 5.41 Å². The number of imidazole rings is 4. The van der Waals surface area contributed by atoms with Crippen molar-refractivity contribution in [2.24, 2.45) is 0 Å². The van der Waals surface area contributed by atoms with Crippen LogP contribution < -0.4 is 4.90 Å². The highest BCUT2D eigenvalue weighted by molar-refractivity contribution is 5.95. The van der Waals surface area contributed by atoms with Crippen molar-refractivity contribution < 1.29 is 0 Å². The molecule has 4 aromatic heterocycles. The Hall–Kier alpha value is -9.46. The van der Waals surface area contributed by atoms with Gasteiger partial charge in [0.05, 0.1) is 55.5 Å². The summed E-state index contributed by atoms with van der Waals surface area (Å²) >= 11 is 0. The van der Waals surface area contributed by atoms with Crippen molar-refractivity contribution in [3.63, 3.8) is 0 Å². The lowest BCUT2D eigenvalue weighted by Gasteiger charge is -2.28. The van der Waals surface area contributed by atoms with E-state index in [9.17, 15) is 0 Å². The van der Waals surface area contributed by atoms with Crippen molar-refractivity contribution in [2.45, 2.75) is 19.3 Å². The molecule has 0 N–H and O–H groups in total. The Morgan fingerprint density at radius 3 is 1.33 bits per heavy atom. The summed E-state index contributed by atoms with van der Waals surface area (Å²) in [6, 6.07) is 85.5. The normalized spacial score (nSPS) is 13.0. The molecule has 7 nitrogen and oxygen atoms in total.